The van der Waals surface area contributed by atoms with Gasteiger partial charge < -0.3 is 10.6 Å². The molecule has 2 rings (SSSR count). The Morgan fingerprint density at radius 1 is 1.23 bits per heavy atom. The fourth-order valence-corrected chi connectivity index (χ4v) is 1.88. The number of carbonyl (C=O) groups excluding carboxylic acids is 1. The summed E-state index contributed by atoms with van der Waals surface area (Å²) < 4.78 is 12.8. The van der Waals surface area contributed by atoms with Gasteiger partial charge in [-0.3, -0.25) is 4.79 Å². The molecule has 1 heterocycles. The number of hydrogen-bond donors (Lipinski definition) is 2. The molecule has 4 nitrogen and oxygen atoms in total. The molecule has 0 aliphatic rings. The number of nitrogens with one attached hydrogen (secondary N) is 2. The molecule has 0 saturated heterocycles. The molecule has 0 aliphatic heterocycles. The second kappa shape index (κ2) is 7.54. The lowest BCUT2D eigenvalue weighted by atomic mass is 10.2. The molecule has 0 spiro atoms. The fourth-order valence-electron chi connectivity index (χ4n) is 1.88. The molecule has 5 heteroatoms. The first-order chi connectivity index (χ1) is 10.6. The fraction of sp³-hybridized carbons (Fsp3) is 0.294. The average molecular weight is 301 g/mol. The first kappa shape index (κ1) is 15.9. The van der Waals surface area contributed by atoms with E-state index in [-0.39, 0.29) is 11.7 Å². The summed E-state index contributed by atoms with van der Waals surface area (Å²) in [4.78, 5) is 16.2. The summed E-state index contributed by atoms with van der Waals surface area (Å²) in [6.07, 6.45) is 2.67. The predicted molar refractivity (Wildman–Crippen MR) is 85.2 cm³/mol. The average Bonchev–Trinajstić information content (AvgIpc) is 2.54. The van der Waals surface area contributed by atoms with Crippen molar-refractivity contribution < 1.29 is 9.18 Å². The van der Waals surface area contributed by atoms with Gasteiger partial charge in [0, 0.05) is 12.6 Å². The number of halogens is 1. The monoisotopic (exact) mass is 301 g/mol. The number of carbonyl (C=O) groups is 1. The van der Waals surface area contributed by atoms with Crippen LogP contribution in [-0.2, 0) is 6.54 Å². The molecule has 2 aromatic rings. The largest absolute Gasteiger partial charge is 0.381 e. The summed E-state index contributed by atoms with van der Waals surface area (Å²) >= 11 is 0. The van der Waals surface area contributed by atoms with Crippen molar-refractivity contribution in [1.82, 2.24) is 10.3 Å². The second-order valence-corrected chi connectivity index (χ2v) is 5.19. The van der Waals surface area contributed by atoms with Gasteiger partial charge in [-0.15, -0.1) is 0 Å². The van der Waals surface area contributed by atoms with Gasteiger partial charge in [0.1, 0.15) is 11.5 Å². The van der Waals surface area contributed by atoms with Crippen LogP contribution in [0.2, 0.25) is 0 Å². The third-order valence-corrected chi connectivity index (χ3v) is 3.39. The summed E-state index contributed by atoms with van der Waals surface area (Å²) in [6, 6.07) is 9.91. The molecule has 0 aliphatic carbocycles. The molecule has 1 unspecified atom stereocenters. The molecule has 1 aromatic heterocycles. The first-order valence-corrected chi connectivity index (χ1v) is 7.33. The third-order valence-electron chi connectivity index (χ3n) is 3.39. The summed E-state index contributed by atoms with van der Waals surface area (Å²) in [5.74, 6) is -0.541. The van der Waals surface area contributed by atoms with E-state index in [9.17, 15) is 9.18 Å². The number of rotatable bonds is 6. The van der Waals surface area contributed by atoms with Gasteiger partial charge in [0.15, 0.2) is 0 Å². The summed E-state index contributed by atoms with van der Waals surface area (Å²) in [5, 5.41) is 6.05. The van der Waals surface area contributed by atoms with Crippen molar-refractivity contribution in [3.05, 3.63) is 59.7 Å². The number of hydrogen-bond acceptors (Lipinski definition) is 3. The minimum Gasteiger partial charge on any atom is -0.381 e. The maximum Gasteiger partial charge on any atom is 0.270 e. The van der Waals surface area contributed by atoms with Crippen molar-refractivity contribution in [2.45, 2.75) is 32.9 Å². The normalized spacial score (nSPS) is 11.8. The van der Waals surface area contributed by atoms with E-state index in [1.807, 2.05) is 6.07 Å². The molecule has 1 amide bonds. The highest BCUT2D eigenvalue weighted by Gasteiger charge is 2.07. The Kier molecular flexibility index (Phi) is 5.47. The maximum atomic E-state index is 12.8. The lowest BCUT2D eigenvalue weighted by Crippen LogP contribution is -2.24. The van der Waals surface area contributed by atoms with Gasteiger partial charge in [0.05, 0.1) is 11.9 Å². The van der Waals surface area contributed by atoms with Crippen LogP contribution in [0.25, 0.3) is 0 Å². The Balaban J connectivity index is 1.90. The first-order valence-electron chi connectivity index (χ1n) is 7.33. The lowest BCUT2D eigenvalue weighted by molar-refractivity contribution is 0.0946. The molecule has 116 valence electrons. The lowest BCUT2D eigenvalue weighted by Gasteiger charge is -2.12. The molecule has 0 bridgehead atoms. The Labute approximate surface area is 129 Å². The third kappa shape index (κ3) is 4.55. The van der Waals surface area contributed by atoms with E-state index >= 15 is 0 Å². The van der Waals surface area contributed by atoms with Crippen molar-refractivity contribution in [2.75, 3.05) is 5.32 Å². The number of pyridine rings is 1. The summed E-state index contributed by atoms with van der Waals surface area (Å²) in [6.45, 7) is 4.53. The number of benzene rings is 1. The quantitative estimate of drug-likeness (QED) is 0.860. The van der Waals surface area contributed by atoms with E-state index in [4.69, 9.17) is 0 Å². The van der Waals surface area contributed by atoms with Crippen LogP contribution in [0.4, 0.5) is 10.1 Å². The van der Waals surface area contributed by atoms with Crippen LogP contribution in [0, 0.1) is 5.82 Å². The zero-order valence-electron chi connectivity index (χ0n) is 12.8. The topological polar surface area (TPSA) is 54.0 Å². The van der Waals surface area contributed by atoms with E-state index in [1.54, 1.807) is 24.4 Å². The van der Waals surface area contributed by atoms with Crippen molar-refractivity contribution in [3.63, 3.8) is 0 Å². The number of amides is 1. The van der Waals surface area contributed by atoms with E-state index < -0.39 is 0 Å². The minimum atomic E-state index is -0.291. The van der Waals surface area contributed by atoms with Crippen LogP contribution in [0.1, 0.15) is 36.3 Å². The molecule has 2 N–H and O–H groups in total. The molecule has 0 fully saturated rings. The minimum absolute atomic E-state index is 0.251. The van der Waals surface area contributed by atoms with Crippen LogP contribution in [0.15, 0.2) is 42.6 Å². The van der Waals surface area contributed by atoms with Crippen molar-refractivity contribution >= 4 is 11.6 Å². The molecule has 1 aromatic carbocycles. The van der Waals surface area contributed by atoms with E-state index in [2.05, 4.69) is 29.5 Å². The zero-order chi connectivity index (χ0) is 15.9. The second-order valence-electron chi connectivity index (χ2n) is 5.19. The van der Waals surface area contributed by atoms with E-state index in [0.717, 1.165) is 17.7 Å². The molecule has 0 saturated carbocycles. The van der Waals surface area contributed by atoms with Crippen LogP contribution in [0.5, 0.6) is 0 Å². The highest BCUT2D eigenvalue weighted by molar-refractivity contribution is 5.92. The van der Waals surface area contributed by atoms with Crippen molar-refractivity contribution in [1.29, 1.82) is 0 Å². The van der Waals surface area contributed by atoms with Crippen LogP contribution in [-0.4, -0.2) is 16.9 Å². The van der Waals surface area contributed by atoms with Crippen molar-refractivity contribution in [2.24, 2.45) is 0 Å². The molecule has 1 atom stereocenters. The van der Waals surface area contributed by atoms with Gasteiger partial charge in [-0.25, -0.2) is 9.37 Å². The zero-order valence-corrected chi connectivity index (χ0v) is 12.8. The van der Waals surface area contributed by atoms with Gasteiger partial charge >= 0.3 is 0 Å². The van der Waals surface area contributed by atoms with Crippen LogP contribution < -0.4 is 10.6 Å². The highest BCUT2D eigenvalue weighted by atomic mass is 19.1. The van der Waals surface area contributed by atoms with E-state index in [0.29, 0.717) is 18.3 Å². The number of aromatic nitrogens is 1. The number of anilines is 1. The Hall–Kier alpha value is -2.43. The molecule has 0 radical (unpaired) electrons. The van der Waals surface area contributed by atoms with Gasteiger partial charge in [0.2, 0.25) is 0 Å². The predicted octanol–water partition coefficient (Wildman–Crippen LogP) is 3.36. The van der Waals surface area contributed by atoms with Crippen molar-refractivity contribution in [3.8, 4) is 0 Å². The van der Waals surface area contributed by atoms with Crippen LogP contribution >= 0.6 is 0 Å². The summed E-state index contributed by atoms with van der Waals surface area (Å²) in [5.41, 5.74) is 2.09. The van der Waals surface area contributed by atoms with Gasteiger partial charge in [-0.1, -0.05) is 19.1 Å². The Morgan fingerprint density at radius 2 is 1.95 bits per heavy atom. The molecular formula is C17H20FN3O. The van der Waals surface area contributed by atoms with E-state index in [1.165, 1.54) is 12.1 Å². The standard InChI is InChI=1S/C17H20FN3O/c1-3-12(2)21-15-8-9-16(19-11-15)17(22)20-10-13-4-6-14(18)7-5-13/h4-9,11-12,21H,3,10H2,1-2H3,(H,20,22). The maximum absolute atomic E-state index is 12.8. The summed E-state index contributed by atoms with van der Waals surface area (Å²) in [7, 11) is 0. The Bertz CT molecular complexity index is 611. The molecular weight excluding hydrogens is 281 g/mol. The van der Waals surface area contributed by atoms with Gasteiger partial charge in [-0.2, -0.15) is 0 Å². The Morgan fingerprint density at radius 3 is 2.55 bits per heavy atom. The van der Waals surface area contributed by atoms with Gasteiger partial charge in [0.25, 0.3) is 5.91 Å². The van der Waals surface area contributed by atoms with Crippen LogP contribution in [0.3, 0.4) is 0 Å². The highest BCUT2D eigenvalue weighted by Crippen LogP contribution is 2.09. The van der Waals surface area contributed by atoms with Gasteiger partial charge in [-0.05, 0) is 43.2 Å². The smallest absolute Gasteiger partial charge is 0.270 e. The number of nitrogens with zero attached hydrogens (tertiary/aromatic N) is 1. The SMILES string of the molecule is CCC(C)Nc1ccc(C(=O)NCc2ccc(F)cc2)nc1. The molecule has 22 heavy (non-hydrogen) atoms.